The highest BCUT2D eigenvalue weighted by Crippen LogP contribution is 2.40. The number of aryl methyl sites for hydroxylation is 1. The number of amides is 1. The van der Waals surface area contributed by atoms with Crippen LogP contribution in [0.5, 0.6) is 5.75 Å². The van der Waals surface area contributed by atoms with E-state index in [0.29, 0.717) is 29.3 Å². The molecule has 1 atom stereocenters. The molecule has 0 fully saturated rings. The van der Waals surface area contributed by atoms with E-state index in [1.165, 1.54) is 0 Å². The van der Waals surface area contributed by atoms with Crippen molar-refractivity contribution < 1.29 is 14.3 Å². The van der Waals surface area contributed by atoms with Crippen LogP contribution in [0.25, 0.3) is 0 Å². The zero-order valence-corrected chi connectivity index (χ0v) is 15.0. The largest absolute Gasteiger partial charge is 0.483 e. The quantitative estimate of drug-likeness (QED) is 0.878. The van der Waals surface area contributed by atoms with Crippen LogP contribution in [0.3, 0.4) is 0 Å². The SMILES string of the molecule is Cc1ccc(OCC(=O)NCc2ccccc2Cl)c2c1[C@@H](C)CC2=O. The second kappa shape index (κ2) is 7.28. The highest BCUT2D eigenvalue weighted by Gasteiger charge is 2.31. The molecule has 4 nitrogen and oxygen atoms in total. The highest BCUT2D eigenvalue weighted by atomic mass is 35.5. The first-order chi connectivity index (χ1) is 12.0. The van der Waals surface area contributed by atoms with Gasteiger partial charge in [-0.2, -0.15) is 0 Å². The minimum absolute atomic E-state index is 0.0812. The van der Waals surface area contributed by atoms with Gasteiger partial charge in [-0.15, -0.1) is 0 Å². The number of hydrogen-bond acceptors (Lipinski definition) is 3. The second-order valence-electron chi connectivity index (χ2n) is 6.35. The van der Waals surface area contributed by atoms with Gasteiger partial charge in [-0.1, -0.05) is 42.8 Å². The smallest absolute Gasteiger partial charge is 0.258 e. The van der Waals surface area contributed by atoms with Crippen molar-refractivity contribution in [2.45, 2.75) is 32.7 Å². The van der Waals surface area contributed by atoms with Crippen molar-refractivity contribution in [3.05, 3.63) is 63.7 Å². The van der Waals surface area contributed by atoms with E-state index in [1.54, 1.807) is 12.1 Å². The summed E-state index contributed by atoms with van der Waals surface area (Å²) >= 11 is 6.07. The Labute approximate surface area is 152 Å². The molecule has 0 aliphatic heterocycles. The maximum absolute atomic E-state index is 12.2. The van der Waals surface area contributed by atoms with E-state index in [4.69, 9.17) is 16.3 Å². The average molecular weight is 358 g/mol. The number of halogens is 1. The molecule has 0 unspecified atom stereocenters. The molecule has 0 spiro atoms. The molecule has 0 saturated heterocycles. The van der Waals surface area contributed by atoms with Gasteiger partial charge in [0.2, 0.25) is 0 Å². The monoisotopic (exact) mass is 357 g/mol. The summed E-state index contributed by atoms with van der Waals surface area (Å²) in [5, 5.41) is 3.39. The van der Waals surface area contributed by atoms with Crippen LogP contribution in [-0.4, -0.2) is 18.3 Å². The summed E-state index contributed by atoms with van der Waals surface area (Å²) in [6, 6.07) is 11.0. The van der Waals surface area contributed by atoms with Crippen LogP contribution >= 0.6 is 11.6 Å². The molecule has 1 aliphatic rings. The number of carbonyl (C=O) groups excluding carboxylic acids is 2. The predicted octanol–water partition coefficient (Wildman–Crippen LogP) is 4.03. The lowest BCUT2D eigenvalue weighted by atomic mass is 9.97. The molecule has 0 radical (unpaired) electrons. The summed E-state index contributed by atoms with van der Waals surface area (Å²) in [6.45, 7) is 4.23. The fraction of sp³-hybridized carbons (Fsp3) is 0.300. The molecular weight excluding hydrogens is 338 g/mol. The standard InChI is InChI=1S/C20H20ClNO3/c1-12-7-8-17(20-16(23)9-13(2)19(12)20)25-11-18(24)22-10-14-5-3-4-6-15(14)21/h3-8,13H,9-11H2,1-2H3,(H,22,24)/t13-/m0/s1. The summed E-state index contributed by atoms with van der Waals surface area (Å²) in [6.07, 6.45) is 0.495. The summed E-state index contributed by atoms with van der Waals surface area (Å²) in [4.78, 5) is 24.3. The van der Waals surface area contributed by atoms with Gasteiger partial charge in [0.05, 0.1) is 5.56 Å². The first-order valence-electron chi connectivity index (χ1n) is 8.27. The van der Waals surface area contributed by atoms with Crippen molar-refractivity contribution in [3.8, 4) is 5.75 Å². The van der Waals surface area contributed by atoms with E-state index in [1.807, 2.05) is 38.1 Å². The lowest BCUT2D eigenvalue weighted by molar-refractivity contribution is -0.123. The van der Waals surface area contributed by atoms with Gasteiger partial charge in [0.25, 0.3) is 5.91 Å². The van der Waals surface area contributed by atoms with E-state index < -0.39 is 0 Å². The van der Waals surface area contributed by atoms with Crippen LogP contribution < -0.4 is 10.1 Å². The minimum Gasteiger partial charge on any atom is -0.483 e. The molecule has 2 aromatic rings. The molecule has 1 N–H and O–H groups in total. The van der Waals surface area contributed by atoms with Crippen LogP contribution in [0.15, 0.2) is 36.4 Å². The second-order valence-corrected chi connectivity index (χ2v) is 6.76. The molecule has 2 aromatic carbocycles. The number of benzene rings is 2. The molecule has 5 heteroatoms. The first-order valence-corrected chi connectivity index (χ1v) is 8.64. The summed E-state index contributed by atoms with van der Waals surface area (Å²) in [5.41, 5.74) is 3.60. The average Bonchev–Trinajstić information content (AvgIpc) is 2.89. The van der Waals surface area contributed by atoms with E-state index in [9.17, 15) is 9.59 Å². The molecular formula is C20H20ClNO3. The predicted molar refractivity (Wildman–Crippen MR) is 97.3 cm³/mol. The number of ether oxygens (including phenoxy) is 1. The van der Waals surface area contributed by atoms with E-state index in [-0.39, 0.29) is 24.2 Å². The Balaban J connectivity index is 1.64. The van der Waals surface area contributed by atoms with Gasteiger partial charge in [-0.25, -0.2) is 0 Å². The van der Waals surface area contributed by atoms with Crippen LogP contribution in [-0.2, 0) is 11.3 Å². The zero-order chi connectivity index (χ0) is 18.0. The Hall–Kier alpha value is -2.33. The Morgan fingerprint density at radius 1 is 1.28 bits per heavy atom. The maximum Gasteiger partial charge on any atom is 0.258 e. The number of carbonyl (C=O) groups is 2. The lowest BCUT2D eigenvalue weighted by Crippen LogP contribution is -2.28. The van der Waals surface area contributed by atoms with Crippen LogP contribution in [0.1, 0.15) is 46.3 Å². The summed E-state index contributed by atoms with van der Waals surface area (Å²) in [7, 11) is 0. The van der Waals surface area contributed by atoms with Crippen molar-refractivity contribution >= 4 is 23.3 Å². The fourth-order valence-corrected chi connectivity index (χ4v) is 3.46. The van der Waals surface area contributed by atoms with Gasteiger partial charge in [-0.05, 0) is 41.7 Å². The van der Waals surface area contributed by atoms with E-state index in [0.717, 1.165) is 16.7 Å². The van der Waals surface area contributed by atoms with Gasteiger partial charge >= 0.3 is 0 Å². The molecule has 0 heterocycles. The normalized spacial score (nSPS) is 15.8. The van der Waals surface area contributed by atoms with E-state index >= 15 is 0 Å². The van der Waals surface area contributed by atoms with Crippen molar-refractivity contribution in [1.29, 1.82) is 0 Å². The minimum atomic E-state index is -0.257. The number of ketones is 1. The number of fused-ring (bicyclic) bond motifs is 1. The van der Waals surface area contributed by atoms with Gasteiger partial charge in [0, 0.05) is 18.0 Å². The van der Waals surface area contributed by atoms with Gasteiger partial charge < -0.3 is 10.1 Å². The number of Topliss-reactive ketones (excluding diaryl/α,β-unsaturated/α-hetero) is 1. The Kier molecular flexibility index (Phi) is 5.09. The molecule has 3 rings (SSSR count). The van der Waals surface area contributed by atoms with Crippen molar-refractivity contribution in [2.24, 2.45) is 0 Å². The Morgan fingerprint density at radius 2 is 2.04 bits per heavy atom. The molecule has 1 aliphatic carbocycles. The van der Waals surface area contributed by atoms with Crippen molar-refractivity contribution in [1.82, 2.24) is 5.32 Å². The topological polar surface area (TPSA) is 55.4 Å². The van der Waals surface area contributed by atoms with Crippen LogP contribution in [0.2, 0.25) is 5.02 Å². The molecule has 1 amide bonds. The fourth-order valence-electron chi connectivity index (χ4n) is 3.26. The Morgan fingerprint density at radius 3 is 2.80 bits per heavy atom. The van der Waals surface area contributed by atoms with Gasteiger partial charge in [-0.3, -0.25) is 9.59 Å². The summed E-state index contributed by atoms with van der Waals surface area (Å²) in [5.74, 6) is 0.508. The molecule has 25 heavy (non-hydrogen) atoms. The molecule has 0 saturated carbocycles. The van der Waals surface area contributed by atoms with E-state index in [2.05, 4.69) is 5.32 Å². The molecule has 0 bridgehead atoms. The van der Waals surface area contributed by atoms with Crippen molar-refractivity contribution in [2.75, 3.05) is 6.61 Å². The maximum atomic E-state index is 12.2. The Bertz CT molecular complexity index is 832. The first kappa shape index (κ1) is 17.5. The van der Waals surface area contributed by atoms with Gasteiger partial charge in [0.15, 0.2) is 12.4 Å². The summed E-state index contributed by atoms with van der Waals surface area (Å²) < 4.78 is 5.64. The third kappa shape index (κ3) is 3.69. The number of nitrogens with one attached hydrogen (secondary N) is 1. The highest BCUT2D eigenvalue weighted by molar-refractivity contribution is 6.31. The zero-order valence-electron chi connectivity index (χ0n) is 14.3. The number of hydrogen-bond donors (Lipinski definition) is 1. The molecule has 0 aromatic heterocycles. The third-order valence-corrected chi connectivity index (χ3v) is 4.85. The van der Waals surface area contributed by atoms with Gasteiger partial charge in [0.1, 0.15) is 5.75 Å². The van der Waals surface area contributed by atoms with Crippen LogP contribution in [0.4, 0.5) is 0 Å². The lowest BCUT2D eigenvalue weighted by Gasteiger charge is -2.13. The van der Waals surface area contributed by atoms with Crippen LogP contribution in [0, 0.1) is 6.92 Å². The van der Waals surface area contributed by atoms with Crippen molar-refractivity contribution in [3.63, 3.8) is 0 Å². The number of rotatable bonds is 5. The molecule has 130 valence electrons. The third-order valence-electron chi connectivity index (χ3n) is 4.48.